The van der Waals surface area contributed by atoms with Gasteiger partial charge in [-0.25, -0.2) is 0 Å². The van der Waals surface area contributed by atoms with E-state index in [4.69, 9.17) is 0 Å². The first-order valence-electron chi connectivity index (χ1n) is 5.36. The van der Waals surface area contributed by atoms with E-state index < -0.39 is 0 Å². The zero-order chi connectivity index (χ0) is 9.52. The Hall–Kier alpha value is -0.780. The molecule has 0 unspecified atom stereocenters. The lowest BCUT2D eigenvalue weighted by Gasteiger charge is -2.06. The molecule has 13 heavy (non-hydrogen) atoms. The molecule has 0 heterocycles. The quantitative estimate of drug-likeness (QED) is 0.639. The van der Waals surface area contributed by atoms with E-state index >= 15 is 0 Å². The summed E-state index contributed by atoms with van der Waals surface area (Å²) in [6.07, 6.45) is 6.26. The molecule has 71 valence electrons. The van der Waals surface area contributed by atoms with Crippen LogP contribution in [0.15, 0.2) is 18.2 Å². The van der Waals surface area contributed by atoms with E-state index in [1.807, 2.05) is 6.07 Å². The zero-order valence-corrected chi connectivity index (χ0v) is 8.77. The Labute approximate surface area is 82.0 Å². The molecule has 0 atom stereocenters. The number of rotatable bonds is 5. The highest BCUT2D eigenvalue weighted by Gasteiger charge is 1.99. The summed E-state index contributed by atoms with van der Waals surface area (Å²) in [6, 6.07) is 9.56. The van der Waals surface area contributed by atoms with Crippen LogP contribution in [0.4, 0.5) is 0 Å². The molecule has 1 radical (unpaired) electrons. The van der Waals surface area contributed by atoms with Crippen molar-refractivity contribution in [2.24, 2.45) is 0 Å². The monoisotopic (exact) mass is 175 g/mol. The third kappa shape index (κ3) is 3.22. The molecule has 0 aromatic heterocycles. The van der Waals surface area contributed by atoms with Crippen LogP contribution in [0, 0.1) is 6.07 Å². The summed E-state index contributed by atoms with van der Waals surface area (Å²) < 4.78 is 0. The number of hydrogen-bond donors (Lipinski definition) is 0. The third-order valence-corrected chi connectivity index (χ3v) is 2.37. The Morgan fingerprint density at radius 2 is 1.92 bits per heavy atom. The molecule has 0 spiro atoms. The summed E-state index contributed by atoms with van der Waals surface area (Å²) >= 11 is 0. The maximum atomic E-state index is 3.16. The van der Waals surface area contributed by atoms with Gasteiger partial charge in [0.15, 0.2) is 0 Å². The van der Waals surface area contributed by atoms with Crippen molar-refractivity contribution in [2.75, 3.05) is 0 Å². The van der Waals surface area contributed by atoms with Gasteiger partial charge in [-0.15, -0.1) is 0 Å². The van der Waals surface area contributed by atoms with Crippen molar-refractivity contribution < 1.29 is 0 Å². The normalized spacial score (nSPS) is 10.3. The van der Waals surface area contributed by atoms with Gasteiger partial charge in [0.25, 0.3) is 0 Å². The van der Waals surface area contributed by atoms with Gasteiger partial charge in [0, 0.05) is 0 Å². The van der Waals surface area contributed by atoms with Crippen LogP contribution >= 0.6 is 0 Å². The molecule has 1 aromatic rings. The average molecular weight is 175 g/mol. The smallest absolute Gasteiger partial charge is 0.0181 e. The van der Waals surface area contributed by atoms with E-state index in [0.29, 0.717) is 0 Å². The Bertz CT molecular complexity index is 238. The summed E-state index contributed by atoms with van der Waals surface area (Å²) in [5.41, 5.74) is 3.03. The Morgan fingerprint density at radius 3 is 2.62 bits per heavy atom. The predicted molar refractivity (Wildman–Crippen MR) is 57.9 cm³/mol. The predicted octanol–water partition coefficient (Wildman–Crippen LogP) is 3.78. The van der Waals surface area contributed by atoms with Gasteiger partial charge < -0.3 is 0 Å². The molecular formula is C13H19. The van der Waals surface area contributed by atoms with Crippen LogP contribution in [0.1, 0.15) is 44.2 Å². The summed E-state index contributed by atoms with van der Waals surface area (Å²) in [4.78, 5) is 0. The van der Waals surface area contributed by atoms with Crippen LogP contribution < -0.4 is 0 Å². The molecule has 0 amide bonds. The Balaban J connectivity index is 2.66. The molecule has 1 aromatic carbocycles. The first kappa shape index (κ1) is 10.3. The number of unbranched alkanes of at least 4 members (excludes halogenated alkanes) is 1. The van der Waals surface area contributed by atoms with E-state index in [9.17, 15) is 0 Å². The van der Waals surface area contributed by atoms with E-state index in [1.54, 1.807) is 0 Å². The van der Waals surface area contributed by atoms with E-state index in [0.717, 1.165) is 0 Å². The highest BCUT2D eigenvalue weighted by atomic mass is 14.0. The average Bonchev–Trinajstić information content (AvgIpc) is 2.17. The molecule has 0 saturated carbocycles. The fraction of sp³-hybridized carbons (Fsp3) is 0.538. The van der Waals surface area contributed by atoms with Gasteiger partial charge in [-0.3, -0.25) is 0 Å². The van der Waals surface area contributed by atoms with Crippen LogP contribution in [0.2, 0.25) is 0 Å². The molecule has 1 rings (SSSR count). The second kappa shape index (κ2) is 5.80. The first-order chi connectivity index (χ1) is 6.38. The second-order valence-corrected chi connectivity index (χ2v) is 3.55. The number of benzene rings is 1. The van der Waals surface area contributed by atoms with Gasteiger partial charge in [-0.2, -0.15) is 0 Å². The summed E-state index contributed by atoms with van der Waals surface area (Å²) in [7, 11) is 0. The van der Waals surface area contributed by atoms with E-state index in [-0.39, 0.29) is 0 Å². The van der Waals surface area contributed by atoms with Gasteiger partial charge in [-0.1, -0.05) is 44.9 Å². The fourth-order valence-electron chi connectivity index (χ4n) is 1.61. The minimum atomic E-state index is 1.20. The minimum absolute atomic E-state index is 1.20. The standard InChI is InChI=1S/C13H19/c1-3-5-9-13-11-7-6-10-12(13)8-4-2/h7,10-11H,3-5,8-9H2,1-2H3. The van der Waals surface area contributed by atoms with Gasteiger partial charge in [0.1, 0.15) is 0 Å². The van der Waals surface area contributed by atoms with E-state index in [1.165, 1.54) is 43.2 Å². The van der Waals surface area contributed by atoms with Crippen LogP contribution in [0.25, 0.3) is 0 Å². The summed E-state index contributed by atoms with van der Waals surface area (Å²) in [5.74, 6) is 0. The largest absolute Gasteiger partial charge is 0.0654 e. The molecule has 0 bridgehead atoms. The van der Waals surface area contributed by atoms with Crippen LogP contribution in [0.5, 0.6) is 0 Å². The molecule has 0 fully saturated rings. The highest BCUT2D eigenvalue weighted by Crippen LogP contribution is 2.13. The SMILES string of the molecule is CCCCc1cc[c]cc1CCC. The topological polar surface area (TPSA) is 0 Å². The van der Waals surface area contributed by atoms with Gasteiger partial charge >= 0.3 is 0 Å². The molecule has 0 aliphatic rings. The lowest BCUT2D eigenvalue weighted by atomic mass is 9.99. The van der Waals surface area contributed by atoms with Crippen molar-refractivity contribution in [1.82, 2.24) is 0 Å². The van der Waals surface area contributed by atoms with Crippen LogP contribution in [-0.2, 0) is 12.8 Å². The van der Waals surface area contributed by atoms with Crippen molar-refractivity contribution in [3.05, 3.63) is 35.4 Å². The zero-order valence-electron chi connectivity index (χ0n) is 8.77. The second-order valence-electron chi connectivity index (χ2n) is 3.55. The van der Waals surface area contributed by atoms with Crippen molar-refractivity contribution in [1.29, 1.82) is 0 Å². The maximum absolute atomic E-state index is 3.16. The van der Waals surface area contributed by atoms with Gasteiger partial charge in [-0.05, 0) is 36.5 Å². The highest BCUT2D eigenvalue weighted by molar-refractivity contribution is 5.26. The van der Waals surface area contributed by atoms with Gasteiger partial charge in [0.05, 0.1) is 0 Å². The molecule has 0 heteroatoms. The lowest BCUT2D eigenvalue weighted by molar-refractivity contribution is 0.780. The maximum Gasteiger partial charge on any atom is -0.0181 e. The minimum Gasteiger partial charge on any atom is -0.0654 e. The van der Waals surface area contributed by atoms with Crippen LogP contribution in [-0.4, -0.2) is 0 Å². The first-order valence-corrected chi connectivity index (χ1v) is 5.36. The van der Waals surface area contributed by atoms with Crippen molar-refractivity contribution in [2.45, 2.75) is 46.0 Å². The number of aryl methyl sites for hydroxylation is 2. The van der Waals surface area contributed by atoms with Crippen molar-refractivity contribution >= 4 is 0 Å². The summed E-state index contributed by atoms with van der Waals surface area (Å²) in [6.45, 7) is 4.48. The Kier molecular flexibility index (Phi) is 4.59. The molecular weight excluding hydrogens is 156 g/mol. The summed E-state index contributed by atoms with van der Waals surface area (Å²) in [5, 5.41) is 0. The molecule has 0 aliphatic heterocycles. The molecule has 0 nitrogen and oxygen atoms in total. The molecule has 0 aliphatic carbocycles. The lowest BCUT2D eigenvalue weighted by Crippen LogP contribution is -1.93. The van der Waals surface area contributed by atoms with Crippen molar-refractivity contribution in [3.8, 4) is 0 Å². The van der Waals surface area contributed by atoms with Crippen LogP contribution in [0.3, 0.4) is 0 Å². The third-order valence-electron chi connectivity index (χ3n) is 2.37. The van der Waals surface area contributed by atoms with E-state index in [2.05, 4.69) is 32.0 Å². The molecule has 0 saturated heterocycles. The van der Waals surface area contributed by atoms with Crippen molar-refractivity contribution in [3.63, 3.8) is 0 Å². The number of hydrogen-bond acceptors (Lipinski definition) is 0. The molecule has 0 N–H and O–H groups in total. The fourth-order valence-corrected chi connectivity index (χ4v) is 1.61. The van der Waals surface area contributed by atoms with Gasteiger partial charge in [0.2, 0.25) is 0 Å². The Morgan fingerprint density at radius 1 is 1.08 bits per heavy atom.